The van der Waals surface area contributed by atoms with Gasteiger partial charge in [-0.1, -0.05) is 6.92 Å². The number of piperidine rings is 1. The van der Waals surface area contributed by atoms with E-state index in [9.17, 15) is 14.4 Å². The number of carbonyl (C=O) groups is 2. The van der Waals surface area contributed by atoms with Crippen molar-refractivity contribution < 1.29 is 23.8 Å². The van der Waals surface area contributed by atoms with Crippen LogP contribution >= 0.6 is 0 Å². The van der Waals surface area contributed by atoms with E-state index in [-0.39, 0.29) is 36.3 Å². The van der Waals surface area contributed by atoms with Crippen LogP contribution in [0.25, 0.3) is 10.9 Å². The van der Waals surface area contributed by atoms with E-state index in [0.29, 0.717) is 49.0 Å². The number of benzene rings is 1. The molecule has 242 valence electrons. The maximum absolute atomic E-state index is 13.6. The Bertz CT molecular complexity index is 1610. The molecule has 0 aliphatic carbocycles. The largest absolute Gasteiger partial charge is 0.493 e. The van der Waals surface area contributed by atoms with Crippen LogP contribution in [0.4, 0.5) is 5.82 Å². The number of hydrogen-bond donors (Lipinski definition) is 1. The Labute approximate surface area is 263 Å². The lowest BCUT2D eigenvalue weighted by Gasteiger charge is -2.35. The second-order valence-electron chi connectivity index (χ2n) is 11.7. The van der Waals surface area contributed by atoms with E-state index in [1.165, 1.54) is 10.6 Å². The van der Waals surface area contributed by atoms with E-state index in [1.807, 2.05) is 6.07 Å². The second kappa shape index (κ2) is 14.2. The number of amides is 2. The molecule has 2 amide bonds. The van der Waals surface area contributed by atoms with E-state index in [4.69, 9.17) is 19.2 Å². The Hall–Kier alpha value is -4.32. The Balaban J connectivity index is 1.55. The first-order chi connectivity index (χ1) is 21.8. The average molecular weight is 621 g/mol. The molecule has 1 aromatic carbocycles. The van der Waals surface area contributed by atoms with Crippen molar-refractivity contribution in [1.29, 1.82) is 0 Å². The van der Waals surface area contributed by atoms with Crippen molar-refractivity contribution in [2.75, 3.05) is 72.0 Å². The molecular formula is C33H44N6O6. The van der Waals surface area contributed by atoms with Crippen molar-refractivity contribution in [2.24, 2.45) is 13.0 Å². The Kier molecular flexibility index (Phi) is 10.1. The summed E-state index contributed by atoms with van der Waals surface area (Å²) >= 11 is 0. The third-order valence-corrected chi connectivity index (χ3v) is 8.84. The first-order valence-corrected chi connectivity index (χ1v) is 15.6. The van der Waals surface area contributed by atoms with Crippen LogP contribution in [0.2, 0.25) is 0 Å². The Morgan fingerprint density at radius 2 is 1.82 bits per heavy atom. The summed E-state index contributed by atoms with van der Waals surface area (Å²) in [7, 11) is 6.43. The number of pyridine rings is 2. The first-order valence-electron chi connectivity index (χ1n) is 15.6. The first kappa shape index (κ1) is 32.1. The Morgan fingerprint density at radius 1 is 1.02 bits per heavy atom. The van der Waals surface area contributed by atoms with Crippen molar-refractivity contribution in [3.8, 4) is 17.2 Å². The highest BCUT2D eigenvalue weighted by Crippen LogP contribution is 2.44. The highest BCUT2D eigenvalue weighted by molar-refractivity contribution is 5.94. The fourth-order valence-corrected chi connectivity index (χ4v) is 6.29. The minimum Gasteiger partial charge on any atom is -0.493 e. The standard InChI is InChI=1S/C33H44N6O6/c1-6-37-14-15-38(33(42)23-9-10-29(41)36(2)20-23)13-11-28(40)34-18-22-8-7-12-39(19-22)32-24(21-37)16-25-26(35-32)17-27(43-3)31(45-5)30(25)44-4/h9-10,16-17,20,22H,6-8,11-15,18-19,21H2,1-5H3,(H,34,40). The normalized spacial score (nSPS) is 18.4. The number of aromatic nitrogens is 2. The van der Waals surface area contributed by atoms with Crippen LogP contribution < -0.4 is 30.0 Å². The van der Waals surface area contributed by atoms with E-state index < -0.39 is 0 Å². The van der Waals surface area contributed by atoms with Crippen molar-refractivity contribution in [3.63, 3.8) is 0 Å². The number of hydrogen-bond acceptors (Lipinski definition) is 9. The summed E-state index contributed by atoms with van der Waals surface area (Å²) in [6, 6.07) is 6.97. The van der Waals surface area contributed by atoms with Gasteiger partial charge in [0, 0.05) is 88.6 Å². The van der Waals surface area contributed by atoms with Gasteiger partial charge in [-0.15, -0.1) is 0 Å². The molecule has 0 spiro atoms. The lowest BCUT2D eigenvalue weighted by atomic mass is 9.97. The molecule has 3 aromatic rings. The fourth-order valence-electron chi connectivity index (χ4n) is 6.29. The third kappa shape index (κ3) is 7.00. The van der Waals surface area contributed by atoms with Crippen LogP contribution in [0.3, 0.4) is 0 Å². The fraction of sp³-hybridized carbons (Fsp3) is 0.515. The zero-order chi connectivity index (χ0) is 32.1. The summed E-state index contributed by atoms with van der Waals surface area (Å²) in [4.78, 5) is 50.1. The van der Waals surface area contributed by atoms with E-state index in [0.717, 1.165) is 54.8 Å². The number of likely N-dealkylation sites (N-methyl/N-ethyl adjacent to an activating group) is 1. The van der Waals surface area contributed by atoms with Gasteiger partial charge in [0.15, 0.2) is 11.5 Å². The summed E-state index contributed by atoms with van der Waals surface area (Å²) in [5.41, 5.74) is 2.02. The van der Waals surface area contributed by atoms with Crippen LogP contribution in [-0.4, -0.2) is 98.3 Å². The number of fused-ring (bicyclic) bond motifs is 5. The molecule has 2 aromatic heterocycles. The monoisotopic (exact) mass is 620 g/mol. The zero-order valence-electron chi connectivity index (χ0n) is 26.9. The van der Waals surface area contributed by atoms with Crippen LogP contribution in [0.15, 0.2) is 35.3 Å². The van der Waals surface area contributed by atoms with Gasteiger partial charge in [0.2, 0.25) is 17.2 Å². The van der Waals surface area contributed by atoms with Crippen LogP contribution in [0.1, 0.15) is 42.1 Å². The summed E-state index contributed by atoms with van der Waals surface area (Å²) in [6.45, 7) is 6.93. The summed E-state index contributed by atoms with van der Waals surface area (Å²) in [5.74, 6) is 2.51. The molecule has 12 heteroatoms. The van der Waals surface area contributed by atoms with Gasteiger partial charge >= 0.3 is 0 Å². The minimum absolute atomic E-state index is 0.0785. The van der Waals surface area contributed by atoms with Gasteiger partial charge in [-0.05, 0) is 37.4 Å². The molecule has 2 bridgehead atoms. The summed E-state index contributed by atoms with van der Waals surface area (Å²) in [5, 5.41) is 3.94. The molecule has 2 aliphatic rings. The smallest absolute Gasteiger partial charge is 0.255 e. The molecule has 1 N–H and O–H groups in total. The third-order valence-electron chi connectivity index (χ3n) is 8.84. The minimum atomic E-state index is -0.209. The molecule has 12 nitrogen and oxygen atoms in total. The lowest BCUT2D eigenvalue weighted by Crippen LogP contribution is -2.42. The van der Waals surface area contributed by atoms with Gasteiger partial charge in [-0.2, -0.15) is 0 Å². The van der Waals surface area contributed by atoms with Gasteiger partial charge in [0.25, 0.3) is 5.91 Å². The molecular weight excluding hydrogens is 576 g/mol. The van der Waals surface area contributed by atoms with Gasteiger partial charge in [0.05, 0.1) is 32.4 Å². The molecule has 1 unspecified atom stereocenters. The molecule has 1 fully saturated rings. The van der Waals surface area contributed by atoms with Crippen LogP contribution in [0.5, 0.6) is 17.2 Å². The van der Waals surface area contributed by atoms with Crippen molar-refractivity contribution in [1.82, 2.24) is 24.7 Å². The number of aryl methyl sites for hydroxylation is 1. The quantitative estimate of drug-likeness (QED) is 0.459. The maximum atomic E-state index is 13.6. The Morgan fingerprint density at radius 3 is 2.53 bits per heavy atom. The number of ether oxygens (including phenoxy) is 3. The predicted molar refractivity (Wildman–Crippen MR) is 173 cm³/mol. The number of anilines is 1. The number of carbonyl (C=O) groups excluding carboxylic acids is 2. The predicted octanol–water partition coefficient (Wildman–Crippen LogP) is 2.66. The van der Waals surface area contributed by atoms with Gasteiger partial charge in [-0.3, -0.25) is 19.3 Å². The molecule has 2 aliphatic heterocycles. The number of rotatable bonds is 5. The second-order valence-corrected chi connectivity index (χ2v) is 11.7. The topological polar surface area (TPSA) is 118 Å². The van der Waals surface area contributed by atoms with Crippen molar-refractivity contribution in [2.45, 2.75) is 32.7 Å². The number of nitrogens with zero attached hydrogens (tertiary/aromatic N) is 5. The number of methoxy groups -OCH3 is 3. The maximum Gasteiger partial charge on any atom is 0.255 e. The van der Waals surface area contributed by atoms with Crippen molar-refractivity contribution >= 4 is 28.5 Å². The summed E-state index contributed by atoms with van der Waals surface area (Å²) < 4.78 is 18.5. The van der Waals surface area contributed by atoms with Crippen molar-refractivity contribution in [3.05, 3.63) is 51.9 Å². The molecule has 1 saturated heterocycles. The summed E-state index contributed by atoms with van der Waals surface area (Å²) in [6.07, 6.45) is 3.76. The van der Waals surface area contributed by atoms with Gasteiger partial charge < -0.3 is 33.9 Å². The molecule has 5 rings (SSSR count). The van der Waals surface area contributed by atoms with Crippen LogP contribution in [0, 0.1) is 5.92 Å². The van der Waals surface area contributed by atoms with E-state index in [2.05, 4.69) is 28.1 Å². The zero-order valence-corrected chi connectivity index (χ0v) is 26.9. The van der Waals surface area contributed by atoms with Gasteiger partial charge in [-0.25, -0.2) is 4.98 Å². The lowest BCUT2D eigenvalue weighted by molar-refractivity contribution is -0.121. The van der Waals surface area contributed by atoms with E-state index in [1.54, 1.807) is 45.5 Å². The highest BCUT2D eigenvalue weighted by Gasteiger charge is 2.27. The molecule has 0 saturated carbocycles. The molecule has 4 heterocycles. The van der Waals surface area contributed by atoms with Gasteiger partial charge in [0.1, 0.15) is 5.82 Å². The molecule has 45 heavy (non-hydrogen) atoms. The molecule has 0 radical (unpaired) electrons. The average Bonchev–Trinajstić information content (AvgIpc) is 3.06. The highest BCUT2D eigenvalue weighted by atomic mass is 16.5. The SMILES string of the molecule is CCN1CCN(C(=O)c2ccc(=O)n(C)c2)CCC(=O)NCC2CCCN(C2)c2nc3cc(OC)c(OC)c(OC)c3cc2C1. The van der Waals surface area contributed by atoms with E-state index >= 15 is 0 Å². The molecule has 1 atom stereocenters. The van der Waals surface area contributed by atoms with Crippen LogP contribution in [-0.2, 0) is 18.4 Å². The number of nitrogens with one attached hydrogen (secondary N) is 1.